The third-order valence-corrected chi connectivity index (χ3v) is 12.7. The molecule has 0 bridgehead atoms. The van der Waals surface area contributed by atoms with Gasteiger partial charge in [-0.3, -0.25) is 0 Å². The van der Waals surface area contributed by atoms with Gasteiger partial charge in [0.1, 0.15) is 11.2 Å². The summed E-state index contributed by atoms with van der Waals surface area (Å²) in [5.41, 5.74) is 16.7. The fraction of sp³-hybridized carbons (Fsp3) is 0. The van der Waals surface area contributed by atoms with Crippen molar-refractivity contribution in [1.82, 2.24) is 0 Å². The molecule has 0 spiro atoms. The summed E-state index contributed by atoms with van der Waals surface area (Å²) in [7, 11) is 0. The van der Waals surface area contributed by atoms with Crippen molar-refractivity contribution in [3.05, 3.63) is 249 Å². The molecule has 0 saturated heterocycles. The van der Waals surface area contributed by atoms with E-state index in [1.807, 2.05) is 0 Å². The Balaban J connectivity index is 0.904. The molecule has 12 rings (SSSR count). The van der Waals surface area contributed by atoms with E-state index in [0.29, 0.717) is 0 Å². The van der Waals surface area contributed by atoms with E-state index in [-0.39, 0.29) is 0 Å². The lowest BCUT2D eigenvalue weighted by atomic mass is 9.96. The summed E-state index contributed by atoms with van der Waals surface area (Å²) in [6.07, 6.45) is 0. The van der Waals surface area contributed by atoms with Gasteiger partial charge in [-0.05, 0) is 109 Å². The van der Waals surface area contributed by atoms with Crippen LogP contribution in [0.4, 0.5) is 17.1 Å². The van der Waals surface area contributed by atoms with E-state index in [1.54, 1.807) is 0 Å². The lowest BCUT2D eigenvalue weighted by Gasteiger charge is -2.26. The Morgan fingerprint density at radius 1 is 0.234 bits per heavy atom. The molecule has 64 heavy (non-hydrogen) atoms. The molecule has 0 unspecified atom stereocenters. The molecule has 2 heteroatoms. The van der Waals surface area contributed by atoms with Gasteiger partial charge in [-0.1, -0.05) is 206 Å². The lowest BCUT2D eigenvalue weighted by Crippen LogP contribution is -2.09. The highest BCUT2D eigenvalue weighted by Crippen LogP contribution is 2.43. The Hall–Kier alpha value is -8.46. The van der Waals surface area contributed by atoms with Gasteiger partial charge in [0.25, 0.3) is 0 Å². The quantitative estimate of drug-likeness (QED) is 0.152. The van der Waals surface area contributed by atoms with Crippen LogP contribution in [0.15, 0.2) is 253 Å². The van der Waals surface area contributed by atoms with E-state index in [4.69, 9.17) is 4.42 Å². The first kappa shape index (κ1) is 37.3. The number of anilines is 3. The smallest absolute Gasteiger partial charge is 0.143 e. The van der Waals surface area contributed by atoms with Gasteiger partial charge < -0.3 is 9.32 Å². The summed E-state index contributed by atoms with van der Waals surface area (Å²) in [6, 6.07) is 89.4. The van der Waals surface area contributed by atoms with E-state index in [1.165, 1.54) is 49.4 Å². The molecule has 0 N–H and O–H groups in total. The van der Waals surface area contributed by atoms with Gasteiger partial charge in [-0.2, -0.15) is 0 Å². The molecule has 0 aliphatic carbocycles. The largest absolute Gasteiger partial charge is 0.455 e. The fourth-order valence-electron chi connectivity index (χ4n) is 9.54. The summed E-state index contributed by atoms with van der Waals surface area (Å²) in [6.45, 7) is 0. The molecule has 0 aliphatic heterocycles. The van der Waals surface area contributed by atoms with E-state index < -0.39 is 0 Å². The third-order valence-electron chi connectivity index (χ3n) is 12.7. The Bertz CT molecular complexity index is 3630. The van der Waals surface area contributed by atoms with Crippen molar-refractivity contribution >= 4 is 60.5 Å². The van der Waals surface area contributed by atoms with Crippen LogP contribution in [0.25, 0.3) is 99.1 Å². The summed E-state index contributed by atoms with van der Waals surface area (Å²) in [4.78, 5) is 2.34. The van der Waals surface area contributed by atoms with E-state index in [9.17, 15) is 0 Å². The van der Waals surface area contributed by atoms with Crippen molar-refractivity contribution in [2.45, 2.75) is 0 Å². The Labute approximate surface area is 372 Å². The van der Waals surface area contributed by atoms with E-state index >= 15 is 0 Å². The predicted octanol–water partition coefficient (Wildman–Crippen LogP) is 17.7. The van der Waals surface area contributed by atoms with Crippen LogP contribution < -0.4 is 4.90 Å². The van der Waals surface area contributed by atoms with Gasteiger partial charge in [-0.25, -0.2) is 0 Å². The van der Waals surface area contributed by atoms with Gasteiger partial charge in [0.2, 0.25) is 0 Å². The minimum Gasteiger partial charge on any atom is -0.455 e. The number of nitrogens with zero attached hydrogens (tertiary/aromatic N) is 1. The number of furan rings is 1. The minimum atomic E-state index is 0.901. The Morgan fingerprint density at radius 3 is 1.27 bits per heavy atom. The van der Waals surface area contributed by atoms with Gasteiger partial charge in [0.15, 0.2) is 0 Å². The summed E-state index contributed by atoms with van der Waals surface area (Å²) in [5, 5.41) is 7.17. The zero-order chi connectivity index (χ0) is 42.4. The minimum absolute atomic E-state index is 0.901. The molecule has 2 nitrogen and oxygen atoms in total. The van der Waals surface area contributed by atoms with Gasteiger partial charge in [0.05, 0.1) is 0 Å². The second-order valence-electron chi connectivity index (χ2n) is 16.4. The maximum atomic E-state index is 6.92. The molecule has 1 aromatic heterocycles. The second kappa shape index (κ2) is 15.8. The standard InChI is InChI=1S/C62H41NO/c1-2-13-42(14-3-1)43-29-35-50(36-30-43)63(52-39-33-47(34-40-52)54-23-9-17-45-15-4-6-21-53(45)54)51-37-31-44(32-38-51)48-19-8-20-49(41-48)56-24-11-27-59-60-28-12-26-58(62(60)64-61(56)59)57-25-10-18-46-16-5-7-22-55(46)57/h1-41H. The van der Waals surface area contributed by atoms with Gasteiger partial charge >= 0.3 is 0 Å². The summed E-state index contributed by atoms with van der Waals surface area (Å²) < 4.78 is 6.92. The van der Waals surface area contributed by atoms with E-state index in [0.717, 1.165) is 66.8 Å². The number of hydrogen-bond acceptors (Lipinski definition) is 2. The van der Waals surface area contributed by atoms with Crippen molar-refractivity contribution in [2.75, 3.05) is 4.90 Å². The molecule has 0 amide bonds. The summed E-state index contributed by atoms with van der Waals surface area (Å²) in [5.74, 6) is 0. The molecule has 0 radical (unpaired) electrons. The zero-order valence-electron chi connectivity index (χ0n) is 35.0. The number of rotatable bonds is 8. The predicted molar refractivity (Wildman–Crippen MR) is 271 cm³/mol. The maximum Gasteiger partial charge on any atom is 0.143 e. The molecule has 1 heterocycles. The van der Waals surface area contributed by atoms with Crippen molar-refractivity contribution in [1.29, 1.82) is 0 Å². The maximum absolute atomic E-state index is 6.92. The fourth-order valence-corrected chi connectivity index (χ4v) is 9.54. The SMILES string of the molecule is c1ccc(-c2ccc(N(c3ccc(-c4cccc(-c5cccc6c5oc5c(-c7cccc8ccccc78)cccc56)c4)cc3)c3ccc(-c4cccc5ccccc45)cc3)cc2)cc1. The molecule has 11 aromatic carbocycles. The molecule has 12 aromatic rings. The molecule has 0 saturated carbocycles. The highest BCUT2D eigenvalue weighted by molar-refractivity contribution is 6.15. The molecule has 0 atom stereocenters. The average molecular weight is 816 g/mol. The first-order valence-electron chi connectivity index (χ1n) is 21.9. The monoisotopic (exact) mass is 815 g/mol. The van der Waals surface area contributed by atoms with Crippen molar-refractivity contribution in [2.24, 2.45) is 0 Å². The number of hydrogen-bond donors (Lipinski definition) is 0. The molecular formula is C62H41NO. The van der Waals surface area contributed by atoms with Crippen LogP contribution in [0.3, 0.4) is 0 Å². The van der Waals surface area contributed by atoms with Crippen LogP contribution in [0, 0.1) is 0 Å². The first-order valence-corrected chi connectivity index (χ1v) is 21.9. The molecule has 300 valence electrons. The molecular weight excluding hydrogens is 775 g/mol. The van der Waals surface area contributed by atoms with Crippen LogP contribution in [0.1, 0.15) is 0 Å². The van der Waals surface area contributed by atoms with Gasteiger partial charge in [0, 0.05) is 39.0 Å². The average Bonchev–Trinajstić information content (AvgIpc) is 3.77. The Kier molecular flexibility index (Phi) is 9.20. The van der Waals surface area contributed by atoms with Crippen molar-refractivity contribution < 1.29 is 4.42 Å². The van der Waals surface area contributed by atoms with Crippen LogP contribution in [-0.2, 0) is 0 Å². The number of fused-ring (bicyclic) bond motifs is 5. The zero-order valence-corrected chi connectivity index (χ0v) is 35.0. The van der Waals surface area contributed by atoms with Crippen LogP contribution in [-0.4, -0.2) is 0 Å². The third kappa shape index (κ3) is 6.61. The summed E-state index contributed by atoms with van der Waals surface area (Å²) >= 11 is 0. The van der Waals surface area contributed by atoms with Gasteiger partial charge in [-0.15, -0.1) is 0 Å². The first-order chi connectivity index (χ1) is 31.7. The van der Waals surface area contributed by atoms with E-state index in [2.05, 4.69) is 254 Å². The molecule has 0 aliphatic rings. The normalized spacial score (nSPS) is 11.4. The number of para-hydroxylation sites is 2. The van der Waals surface area contributed by atoms with Crippen molar-refractivity contribution in [3.63, 3.8) is 0 Å². The van der Waals surface area contributed by atoms with Crippen LogP contribution in [0.2, 0.25) is 0 Å². The van der Waals surface area contributed by atoms with Crippen molar-refractivity contribution in [3.8, 4) is 55.6 Å². The Morgan fingerprint density at radius 2 is 0.625 bits per heavy atom. The topological polar surface area (TPSA) is 16.4 Å². The lowest BCUT2D eigenvalue weighted by molar-refractivity contribution is 0.671. The highest BCUT2D eigenvalue weighted by Gasteiger charge is 2.18. The van der Waals surface area contributed by atoms with Crippen LogP contribution >= 0.6 is 0 Å². The second-order valence-corrected chi connectivity index (χ2v) is 16.4. The molecule has 0 fully saturated rings. The highest BCUT2D eigenvalue weighted by atomic mass is 16.3. The number of benzene rings is 11. The van der Waals surface area contributed by atoms with Crippen LogP contribution in [0.5, 0.6) is 0 Å².